The van der Waals surface area contributed by atoms with Crippen molar-refractivity contribution in [1.82, 2.24) is 4.98 Å². The normalized spacial score (nSPS) is 10.7. The first-order chi connectivity index (χ1) is 9.86. The first-order valence-electron chi connectivity index (χ1n) is 6.64. The topological polar surface area (TPSA) is 45.1 Å². The molecule has 0 aliphatic heterocycles. The molecular formula is C17H16N2O. The van der Waals surface area contributed by atoms with Gasteiger partial charge in [0, 0.05) is 16.6 Å². The van der Waals surface area contributed by atoms with Crippen LogP contribution in [0.1, 0.15) is 11.3 Å². The molecule has 100 valence electrons. The molecule has 0 aliphatic rings. The average molecular weight is 264 g/mol. The Bertz CT molecular complexity index is 725. The van der Waals surface area contributed by atoms with E-state index in [9.17, 15) is 5.11 Å². The number of nitrogens with zero attached hydrogens (tertiary/aromatic N) is 1. The summed E-state index contributed by atoms with van der Waals surface area (Å²) in [6.07, 6.45) is 0. The van der Waals surface area contributed by atoms with Gasteiger partial charge in [-0.05, 0) is 18.2 Å². The summed E-state index contributed by atoms with van der Waals surface area (Å²) in [4.78, 5) is 4.62. The summed E-state index contributed by atoms with van der Waals surface area (Å²) in [5.74, 6) is 0. The first kappa shape index (κ1) is 12.6. The molecule has 0 saturated carbocycles. The maximum Gasteiger partial charge on any atom is 0.0706 e. The highest BCUT2D eigenvalue weighted by molar-refractivity contribution is 5.78. The predicted molar refractivity (Wildman–Crippen MR) is 81.4 cm³/mol. The molecule has 1 heterocycles. The standard InChI is InChI=1S/C17H16N2O/c20-12-14-6-2-3-7-16(14)18-11-15-10-9-13-5-1-4-8-17(13)19-15/h1-10,18,20H,11-12H2. The van der Waals surface area contributed by atoms with Crippen LogP contribution in [0.15, 0.2) is 60.7 Å². The lowest BCUT2D eigenvalue weighted by atomic mass is 10.1. The number of pyridine rings is 1. The number of nitrogens with one attached hydrogen (secondary N) is 1. The molecule has 0 atom stereocenters. The minimum atomic E-state index is 0.0360. The molecule has 3 heteroatoms. The van der Waals surface area contributed by atoms with Crippen LogP contribution in [0, 0.1) is 0 Å². The second kappa shape index (κ2) is 5.72. The zero-order chi connectivity index (χ0) is 13.8. The molecule has 2 N–H and O–H groups in total. The van der Waals surface area contributed by atoms with Crippen LogP contribution < -0.4 is 5.32 Å². The van der Waals surface area contributed by atoms with Crippen LogP contribution in [0.2, 0.25) is 0 Å². The highest BCUT2D eigenvalue weighted by atomic mass is 16.3. The van der Waals surface area contributed by atoms with Crippen LogP contribution in [-0.2, 0) is 13.2 Å². The van der Waals surface area contributed by atoms with E-state index in [0.717, 1.165) is 27.8 Å². The Kier molecular flexibility index (Phi) is 3.61. The van der Waals surface area contributed by atoms with Crippen molar-refractivity contribution in [2.24, 2.45) is 0 Å². The molecule has 3 nitrogen and oxygen atoms in total. The third-order valence-corrected chi connectivity index (χ3v) is 3.30. The minimum Gasteiger partial charge on any atom is -0.392 e. The number of fused-ring (bicyclic) bond motifs is 1. The monoisotopic (exact) mass is 264 g/mol. The lowest BCUT2D eigenvalue weighted by Gasteiger charge is -2.10. The van der Waals surface area contributed by atoms with Crippen LogP contribution in [0.25, 0.3) is 10.9 Å². The summed E-state index contributed by atoms with van der Waals surface area (Å²) in [6, 6.07) is 19.9. The molecule has 0 bridgehead atoms. The Morgan fingerprint density at radius 1 is 0.900 bits per heavy atom. The lowest BCUT2D eigenvalue weighted by Crippen LogP contribution is -2.04. The van der Waals surface area contributed by atoms with Gasteiger partial charge in [-0.25, -0.2) is 0 Å². The minimum absolute atomic E-state index is 0.0360. The fourth-order valence-electron chi connectivity index (χ4n) is 2.22. The van der Waals surface area contributed by atoms with Gasteiger partial charge in [0.05, 0.1) is 24.4 Å². The zero-order valence-corrected chi connectivity index (χ0v) is 11.1. The van der Waals surface area contributed by atoms with Gasteiger partial charge < -0.3 is 10.4 Å². The SMILES string of the molecule is OCc1ccccc1NCc1ccc2ccccc2n1. The van der Waals surface area contributed by atoms with Crippen LogP contribution in [0.5, 0.6) is 0 Å². The molecule has 0 fully saturated rings. The van der Waals surface area contributed by atoms with Crippen molar-refractivity contribution in [3.05, 3.63) is 71.9 Å². The molecule has 0 unspecified atom stereocenters. The largest absolute Gasteiger partial charge is 0.392 e. The Hall–Kier alpha value is -2.39. The number of benzene rings is 2. The number of anilines is 1. The molecule has 3 rings (SSSR count). The van der Waals surface area contributed by atoms with Crippen molar-refractivity contribution in [3.8, 4) is 0 Å². The van der Waals surface area contributed by atoms with Gasteiger partial charge in [-0.3, -0.25) is 4.98 Å². The summed E-state index contributed by atoms with van der Waals surface area (Å²) < 4.78 is 0. The molecule has 3 aromatic rings. The van der Waals surface area contributed by atoms with E-state index in [2.05, 4.69) is 22.4 Å². The number of aromatic nitrogens is 1. The number of rotatable bonds is 4. The molecule has 1 aromatic heterocycles. The van der Waals surface area contributed by atoms with E-state index in [1.807, 2.05) is 48.5 Å². The van der Waals surface area contributed by atoms with E-state index in [1.54, 1.807) is 0 Å². The number of hydrogen-bond acceptors (Lipinski definition) is 3. The summed E-state index contributed by atoms with van der Waals surface area (Å²) >= 11 is 0. The van der Waals surface area contributed by atoms with Gasteiger partial charge >= 0.3 is 0 Å². The Balaban J connectivity index is 1.79. The first-order valence-corrected chi connectivity index (χ1v) is 6.64. The quantitative estimate of drug-likeness (QED) is 0.759. The van der Waals surface area contributed by atoms with E-state index in [4.69, 9.17) is 0 Å². The molecule has 0 saturated heterocycles. The molecule has 2 aromatic carbocycles. The van der Waals surface area contributed by atoms with Crippen molar-refractivity contribution in [2.45, 2.75) is 13.2 Å². The smallest absolute Gasteiger partial charge is 0.0706 e. The molecule has 0 aliphatic carbocycles. The van der Waals surface area contributed by atoms with Crippen molar-refractivity contribution in [1.29, 1.82) is 0 Å². The van der Waals surface area contributed by atoms with Crippen LogP contribution in [0.4, 0.5) is 5.69 Å². The van der Waals surface area contributed by atoms with Crippen LogP contribution in [-0.4, -0.2) is 10.1 Å². The van der Waals surface area contributed by atoms with Gasteiger partial charge in [0.1, 0.15) is 0 Å². The molecule has 0 amide bonds. The van der Waals surface area contributed by atoms with Crippen molar-refractivity contribution in [3.63, 3.8) is 0 Å². The predicted octanol–water partition coefficient (Wildman–Crippen LogP) is 3.34. The van der Waals surface area contributed by atoms with E-state index in [1.165, 1.54) is 0 Å². The third kappa shape index (κ3) is 2.63. The fourth-order valence-corrected chi connectivity index (χ4v) is 2.22. The number of hydrogen-bond donors (Lipinski definition) is 2. The van der Waals surface area contributed by atoms with Gasteiger partial charge in [-0.2, -0.15) is 0 Å². The third-order valence-electron chi connectivity index (χ3n) is 3.30. The lowest BCUT2D eigenvalue weighted by molar-refractivity contribution is 0.282. The second-order valence-corrected chi connectivity index (χ2v) is 4.66. The number of aliphatic hydroxyl groups excluding tert-OH is 1. The fraction of sp³-hybridized carbons (Fsp3) is 0.118. The maximum absolute atomic E-state index is 9.30. The van der Waals surface area contributed by atoms with Gasteiger partial charge in [0.2, 0.25) is 0 Å². The van der Waals surface area contributed by atoms with Gasteiger partial charge in [-0.15, -0.1) is 0 Å². The van der Waals surface area contributed by atoms with E-state index < -0.39 is 0 Å². The maximum atomic E-state index is 9.30. The molecule has 0 radical (unpaired) electrons. The van der Waals surface area contributed by atoms with Gasteiger partial charge in [0.15, 0.2) is 0 Å². The highest BCUT2D eigenvalue weighted by Gasteiger charge is 2.01. The Morgan fingerprint density at radius 2 is 1.70 bits per heavy atom. The van der Waals surface area contributed by atoms with Crippen molar-refractivity contribution < 1.29 is 5.11 Å². The van der Waals surface area contributed by atoms with E-state index >= 15 is 0 Å². The van der Waals surface area contributed by atoms with Crippen LogP contribution in [0.3, 0.4) is 0 Å². The Morgan fingerprint density at radius 3 is 2.60 bits per heavy atom. The van der Waals surface area contributed by atoms with Crippen molar-refractivity contribution >= 4 is 16.6 Å². The summed E-state index contributed by atoms with van der Waals surface area (Å²) in [6.45, 7) is 0.677. The molecule has 20 heavy (non-hydrogen) atoms. The van der Waals surface area contributed by atoms with E-state index in [0.29, 0.717) is 6.54 Å². The Labute approximate surface area is 117 Å². The average Bonchev–Trinajstić information content (AvgIpc) is 2.53. The highest BCUT2D eigenvalue weighted by Crippen LogP contribution is 2.17. The van der Waals surface area contributed by atoms with Crippen LogP contribution >= 0.6 is 0 Å². The van der Waals surface area contributed by atoms with Crippen molar-refractivity contribution in [2.75, 3.05) is 5.32 Å². The summed E-state index contributed by atoms with van der Waals surface area (Å²) in [5.41, 5.74) is 3.83. The zero-order valence-electron chi connectivity index (χ0n) is 11.1. The molecular weight excluding hydrogens is 248 g/mol. The second-order valence-electron chi connectivity index (χ2n) is 4.66. The van der Waals surface area contributed by atoms with Gasteiger partial charge in [0.25, 0.3) is 0 Å². The molecule has 0 spiro atoms. The number of para-hydroxylation sites is 2. The summed E-state index contributed by atoms with van der Waals surface area (Å²) in [7, 11) is 0. The summed E-state index contributed by atoms with van der Waals surface area (Å²) in [5, 5.41) is 13.8. The number of aliphatic hydroxyl groups is 1. The van der Waals surface area contributed by atoms with E-state index in [-0.39, 0.29) is 6.61 Å². The van der Waals surface area contributed by atoms with Gasteiger partial charge in [-0.1, -0.05) is 42.5 Å².